The number of carbonyl (C=O) groups is 2. The maximum atomic E-state index is 13.8. The average Bonchev–Trinajstić information content (AvgIpc) is 2.70. The van der Waals surface area contributed by atoms with Gasteiger partial charge >= 0.3 is 5.97 Å². The molecule has 0 N–H and O–H groups in total. The molecule has 2 aromatic carbocycles. The SMILES string of the molecule is COC(=O)c1cccc2c1CCCN2C(=O)CCc1ccc(OC)c(F)c1. The van der Waals surface area contributed by atoms with Crippen LogP contribution in [-0.4, -0.2) is 32.6 Å². The molecule has 5 nitrogen and oxygen atoms in total. The van der Waals surface area contributed by atoms with Crippen molar-refractivity contribution < 1.29 is 23.5 Å². The molecule has 0 atom stereocenters. The fourth-order valence-corrected chi connectivity index (χ4v) is 3.44. The number of hydrogen-bond acceptors (Lipinski definition) is 4. The van der Waals surface area contributed by atoms with Gasteiger partial charge in [0.05, 0.1) is 19.8 Å². The molecule has 0 aromatic heterocycles. The minimum atomic E-state index is -0.437. The van der Waals surface area contributed by atoms with Crippen LogP contribution >= 0.6 is 0 Å². The average molecular weight is 371 g/mol. The van der Waals surface area contributed by atoms with Gasteiger partial charge in [0, 0.05) is 18.7 Å². The molecule has 0 saturated carbocycles. The van der Waals surface area contributed by atoms with E-state index in [0.717, 1.165) is 29.7 Å². The summed E-state index contributed by atoms with van der Waals surface area (Å²) in [6, 6.07) is 10.1. The first kappa shape index (κ1) is 18.9. The number of rotatable bonds is 5. The number of fused-ring (bicyclic) bond motifs is 1. The summed E-state index contributed by atoms with van der Waals surface area (Å²) in [5.74, 6) is -0.692. The quantitative estimate of drug-likeness (QED) is 0.755. The molecule has 2 aromatic rings. The van der Waals surface area contributed by atoms with Crippen LogP contribution in [0.15, 0.2) is 36.4 Å². The number of anilines is 1. The van der Waals surface area contributed by atoms with E-state index in [2.05, 4.69) is 0 Å². The van der Waals surface area contributed by atoms with Crippen LogP contribution in [0.25, 0.3) is 0 Å². The van der Waals surface area contributed by atoms with Gasteiger partial charge in [0.1, 0.15) is 0 Å². The van der Waals surface area contributed by atoms with E-state index in [0.29, 0.717) is 18.5 Å². The second-order valence-corrected chi connectivity index (χ2v) is 6.41. The maximum Gasteiger partial charge on any atom is 0.338 e. The third-order valence-electron chi connectivity index (χ3n) is 4.80. The Morgan fingerprint density at radius 2 is 2.00 bits per heavy atom. The lowest BCUT2D eigenvalue weighted by Gasteiger charge is -2.30. The molecule has 1 amide bonds. The normalized spacial score (nSPS) is 13.1. The summed E-state index contributed by atoms with van der Waals surface area (Å²) in [6.45, 7) is 0.605. The highest BCUT2D eigenvalue weighted by molar-refractivity contribution is 5.98. The van der Waals surface area contributed by atoms with Crippen molar-refractivity contribution in [3.63, 3.8) is 0 Å². The first-order valence-corrected chi connectivity index (χ1v) is 8.88. The van der Waals surface area contributed by atoms with Gasteiger partial charge in [-0.1, -0.05) is 12.1 Å². The molecule has 1 heterocycles. The predicted molar refractivity (Wildman–Crippen MR) is 99.7 cm³/mol. The summed E-state index contributed by atoms with van der Waals surface area (Å²) >= 11 is 0. The molecule has 0 unspecified atom stereocenters. The second-order valence-electron chi connectivity index (χ2n) is 6.41. The lowest BCUT2D eigenvalue weighted by Crippen LogP contribution is -2.36. The van der Waals surface area contributed by atoms with E-state index in [9.17, 15) is 14.0 Å². The van der Waals surface area contributed by atoms with Crippen LogP contribution in [0.2, 0.25) is 0 Å². The third-order valence-corrected chi connectivity index (χ3v) is 4.80. The number of hydrogen-bond donors (Lipinski definition) is 0. The van der Waals surface area contributed by atoms with Gasteiger partial charge in [-0.3, -0.25) is 4.79 Å². The van der Waals surface area contributed by atoms with Gasteiger partial charge in [0.25, 0.3) is 0 Å². The van der Waals surface area contributed by atoms with Gasteiger partial charge in [-0.05, 0) is 54.7 Å². The van der Waals surface area contributed by atoms with Crippen molar-refractivity contribution in [2.45, 2.75) is 25.7 Å². The van der Waals surface area contributed by atoms with E-state index >= 15 is 0 Å². The fourth-order valence-electron chi connectivity index (χ4n) is 3.44. The standard InChI is InChI=1S/C21H22FNO4/c1-26-19-10-8-14(13-17(19)22)9-11-20(24)23-12-4-6-15-16(21(25)27-2)5-3-7-18(15)23/h3,5,7-8,10,13H,4,6,9,11-12H2,1-2H3. The van der Waals surface area contributed by atoms with Crippen molar-refractivity contribution in [3.8, 4) is 5.75 Å². The Morgan fingerprint density at radius 1 is 1.19 bits per heavy atom. The zero-order valence-corrected chi connectivity index (χ0v) is 15.5. The number of methoxy groups -OCH3 is 2. The molecule has 0 spiro atoms. The van der Waals surface area contributed by atoms with Crippen molar-refractivity contribution in [3.05, 3.63) is 58.9 Å². The molecule has 3 rings (SSSR count). The van der Waals surface area contributed by atoms with Gasteiger partial charge in [-0.15, -0.1) is 0 Å². The Hall–Kier alpha value is -2.89. The molecule has 0 aliphatic carbocycles. The largest absolute Gasteiger partial charge is 0.494 e. The summed E-state index contributed by atoms with van der Waals surface area (Å²) < 4.78 is 23.6. The number of benzene rings is 2. The topological polar surface area (TPSA) is 55.8 Å². The zero-order valence-electron chi connectivity index (χ0n) is 15.5. The molecule has 0 fully saturated rings. The van der Waals surface area contributed by atoms with Crippen molar-refractivity contribution in [2.75, 3.05) is 25.7 Å². The fraction of sp³-hybridized carbons (Fsp3) is 0.333. The summed E-state index contributed by atoms with van der Waals surface area (Å²) in [4.78, 5) is 26.5. The van der Waals surface area contributed by atoms with E-state index in [1.165, 1.54) is 20.3 Å². The minimum Gasteiger partial charge on any atom is -0.494 e. The van der Waals surface area contributed by atoms with Crippen LogP contribution < -0.4 is 9.64 Å². The van der Waals surface area contributed by atoms with Gasteiger partial charge in [0.2, 0.25) is 5.91 Å². The molecule has 0 bridgehead atoms. The van der Waals surface area contributed by atoms with Gasteiger partial charge < -0.3 is 14.4 Å². The van der Waals surface area contributed by atoms with Gasteiger partial charge in [-0.2, -0.15) is 0 Å². The number of ether oxygens (including phenoxy) is 2. The molecular formula is C21H22FNO4. The van der Waals surface area contributed by atoms with E-state index in [-0.39, 0.29) is 18.1 Å². The molecule has 27 heavy (non-hydrogen) atoms. The molecule has 0 radical (unpaired) electrons. The molecule has 0 saturated heterocycles. The van der Waals surface area contributed by atoms with Gasteiger partial charge in [0.15, 0.2) is 11.6 Å². The Labute approximate surface area is 157 Å². The van der Waals surface area contributed by atoms with E-state index < -0.39 is 11.8 Å². The lowest BCUT2D eigenvalue weighted by atomic mass is 9.95. The van der Waals surface area contributed by atoms with Gasteiger partial charge in [-0.25, -0.2) is 9.18 Å². The molecular weight excluding hydrogens is 349 g/mol. The van der Waals surface area contributed by atoms with E-state index in [1.807, 2.05) is 6.07 Å². The highest BCUT2D eigenvalue weighted by atomic mass is 19.1. The predicted octanol–water partition coefficient (Wildman–Crippen LogP) is 3.53. The van der Waals surface area contributed by atoms with E-state index in [1.54, 1.807) is 29.2 Å². The number of amides is 1. The molecule has 6 heteroatoms. The second kappa shape index (κ2) is 8.20. The van der Waals surface area contributed by atoms with Crippen LogP contribution in [0.4, 0.5) is 10.1 Å². The van der Waals surface area contributed by atoms with Crippen molar-refractivity contribution in [1.29, 1.82) is 0 Å². The van der Waals surface area contributed by atoms with Crippen LogP contribution in [0.3, 0.4) is 0 Å². The number of halogens is 1. The number of carbonyl (C=O) groups excluding carboxylic acids is 2. The Balaban J connectivity index is 1.75. The Kier molecular flexibility index (Phi) is 5.74. The first-order chi connectivity index (χ1) is 13.0. The Bertz CT molecular complexity index is 865. The molecule has 1 aliphatic rings. The molecule has 142 valence electrons. The number of nitrogens with zero attached hydrogens (tertiary/aromatic N) is 1. The number of esters is 1. The van der Waals surface area contributed by atoms with Crippen LogP contribution in [0.5, 0.6) is 5.75 Å². The van der Waals surface area contributed by atoms with Crippen molar-refractivity contribution in [1.82, 2.24) is 0 Å². The van der Waals surface area contributed by atoms with Crippen molar-refractivity contribution in [2.24, 2.45) is 0 Å². The zero-order chi connectivity index (χ0) is 19.4. The van der Waals surface area contributed by atoms with E-state index in [4.69, 9.17) is 9.47 Å². The third kappa shape index (κ3) is 3.94. The monoisotopic (exact) mass is 371 g/mol. The first-order valence-electron chi connectivity index (χ1n) is 8.88. The summed E-state index contributed by atoms with van der Waals surface area (Å²) in [5.41, 5.74) is 2.85. The summed E-state index contributed by atoms with van der Waals surface area (Å²) in [7, 11) is 2.76. The van der Waals surface area contributed by atoms with Crippen LogP contribution in [0.1, 0.15) is 34.3 Å². The highest BCUT2D eigenvalue weighted by Gasteiger charge is 2.26. The summed E-state index contributed by atoms with van der Waals surface area (Å²) in [5, 5.41) is 0. The minimum absolute atomic E-state index is 0.0470. The maximum absolute atomic E-state index is 13.8. The van der Waals surface area contributed by atoms with Crippen LogP contribution in [-0.2, 0) is 22.4 Å². The van der Waals surface area contributed by atoms with Crippen molar-refractivity contribution >= 4 is 17.6 Å². The summed E-state index contributed by atoms with van der Waals surface area (Å²) in [6.07, 6.45) is 2.20. The lowest BCUT2D eigenvalue weighted by molar-refractivity contribution is -0.118. The number of aryl methyl sites for hydroxylation is 1. The molecule has 1 aliphatic heterocycles. The smallest absolute Gasteiger partial charge is 0.338 e. The highest BCUT2D eigenvalue weighted by Crippen LogP contribution is 2.31. The van der Waals surface area contributed by atoms with Crippen LogP contribution in [0, 0.1) is 5.82 Å². The Morgan fingerprint density at radius 3 is 2.70 bits per heavy atom.